The lowest BCUT2D eigenvalue weighted by Crippen LogP contribution is -2.50. The van der Waals surface area contributed by atoms with E-state index in [0.29, 0.717) is 23.9 Å². The minimum Gasteiger partial charge on any atom is -0.497 e. The van der Waals surface area contributed by atoms with Gasteiger partial charge in [-0.3, -0.25) is 4.79 Å². The van der Waals surface area contributed by atoms with Gasteiger partial charge in [0, 0.05) is 40.8 Å². The Morgan fingerprint density at radius 3 is 2.81 bits per heavy atom. The van der Waals surface area contributed by atoms with Crippen LogP contribution in [0.2, 0.25) is 0 Å². The van der Waals surface area contributed by atoms with Crippen LogP contribution in [-0.4, -0.2) is 48.7 Å². The minimum absolute atomic E-state index is 0.162. The number of hydrogen-bond acceptors (Lipinski definition) is 9. The Morgan fingerprint density at radius 1 is 1.19 bits per heavy atom. The number of benzene rings is 2. The molecule has 0 spiro atoms. The van der Waals surface area contributed by atoms with Crippen molar-refractivity contribution in [3.8, 4) is 11.5 Å². The van der Waals surface area contributed by atoms with Crippen molar-refractivity contribution in [1.82, 2.24) is 10.3 Å². The first kappa shape index (κ1) is 25.6. The van der Waals surface area contributed by atoms with E-state index in [9.17, 15) is 4.79 Å². The maximum atomic E-state index is 12.8. The fourth-order valence-corrected chi connectivity index (χ4v) is 6.77. The highest BCUT2D eigenvalue weighted by atomic mass is 32.2. The molecule has 2 aromatic carbocycles. The Labute approximate surface area is 224 Å². The summed E-state index contributed by atoms with van der Waals surface area (Å²) in [6.07, 6.45) is 1.05. The van der Waals surface area contributed by atoms with Gasteiger partial charge in [0.2, 0.25) is 0 Å². The number of hydrogen-bond donors (Lipinski definition) is 2. The molecule has 0 bridgehead atoms. The zero-order valence-electron chi connectivity index (χ0n) is 21.0. The van der Waals surface area contributed by atoms with Gasteiger partial charge >= 0.3 is 0 Å². The van der Waals surface area contributed by atoms with Crippen LogP contribution in [0.1, 0.15) is 34.3 Å². The number of ether oxygens (including phenoxy) is 3. The summed E-state index contributed by atoms with van der Waals surface area (Å²) in [5.41, 5.74) is 0.978. The first-order valence-corrected chi connectivity index (χ1v) is 14.0. The van der Waals surface area contributed by atoms with Crippen molar-refractivity contribution in [2.45, 2.75) is 31.5 Å². The molecule has 0 aliphatic carbocycles. The van der Waals surface area contributed by atoms with E-state index in [1.54, 1.807) is 49.5 Å². The number of aromatic nitrogens is 1. The van der Waals surface area contributed by atoms with Crippen LogP contribution in [-0.2, 0) is 16.8 Å². The molecule has 8 nitrogen and oxygen atoms in total. The maximum absolute atomic E-state index is 12.8. The summed E-state index contributed by atoms with van der Waals surface area (Å²) in [6, 6.07) is 14.9. The molecule has 1 fully saturated rings. The van der Waals surface area contributed by atoms with Crippen molar-refractivity contribution in [1.29, 1.82) is 0 Å². The molecule has 1 aromatic heterocycles. The molecule has 3 heterocycles. The van der Waals surface area contributed by atoms with Crippen molar-refractivity contribution in [2.75, 3.05) is 31.9 Å². The molecule has 37 heavy (non-hydrogen) atoms. The summed E-state index contributed by atoms with van der Waals surface area (Å²) in [7, 11) is 3.28. The van der Waals surface area contributed by atoms with E-state index in [0.717, 1.165) is 40.1 Å². The van der Waals surface area contributed by atoms with Gasteiger partial charge in [-0.05, 0) is 37.6 Å². The highest BCUT2D eigenvalue weighted by molar-refractivity contribution is 8.13. The third-order valence-electron chi connectivity index (χ3n) is 6.69. The number of amidine groups is 1. The average Bonchev–Trinajstić information content (AvgIpc) is 3.42. The number of amides is 1. The predicted molar refractivity (Wildman–Crippen MR) is 148 cm³/mol. The second-order valence-electron chi connectivity index (χ2n) is 9.10. The highest BCUT2D eigenvalue weighted by Gasteiger charge is 2.49. The van der Waals surface area contributed by atoms with Crippen LogP contribution in [0.4, 0.5) is 5.82 Å². The molecule has 2 aliphatic rings. The van der Waals surface area contributed by atoms with Gasteiger partial charge in [0.05, 0.1) is 26.9 Å². The second-order valence-corrected chi connectivity index (χ2v) is 11.0. The molecular formula is C27H30N4O4S2. The second kappa shape index (κ2) is 11.1. The number of nitrogens with one attached hydrogen (secondary N) is 2. The van der Waals surface area contributed by atoms with Gasteiger partial charge < -0.3 is 24.8 Å². The van der Waals surface area contributed by atoms with Gasteiger partial charge in [0.25, 0.3) is 5.91 Å². The molecule has 0 saturated carbocycles. The van der Waals surface area contributed by atoms with Crippen LogP contribution < -0.4 is 20.1 Å². The van der Waals surface area contributed by atoms with Crippen molar-refractivity contribution in [2.24, 2.45) is 10.9 Å². The van der Waals surface area contributed by atoms with E-state index < -0.39 is 5.54 Å². The zero-order valence-corrected chi connectivity index (χ0v) is 22.7. The van der Waals surface area contributed by atoms with Crippen LogP contribution in [0.15, 0.2) is 58.9 Å². The van der Waals surface area contributed by atoms with Crippen LogP contribution in [0.25, 0.3) is 0 Å². The Bertz CT molecular complexity index is 1280. The molecule has 2 N–H and O–H groups in total. The Balaban J connectivity index is 1.37. The van der Waals surface area contributed by atoms with Crippen molar-refractivity contribution in [3.05, 3.63) is 70.0 Å². The lowest BCUT2D eigenvalue weighted by molar-refractivity contribution is -0.0467. The number of carbonyl (C=O) groups is 1. The number of carbonyl (C=O) groups excluding carboxylic acids is 1. The van der Waals surface area contributed by atoms with Gasteiger partial charge in [-0.25, -0.2) is 9.98 Å². The fraction of sp³-hybridized carbons (Fsp3) is 0.370. The molecule has 0 radical (unpaired) electrons. The van der Waals surface area contributed by atoms with Crippen LogP contribution >= 0.6 is 23.1 Å². The van der Waals surface area contributed by atoms with Crippen LogP contribution in [0.5, 0.6) is 11.5 Å². The van der Waals surface area contributed by atoms with Gasteiger partial charge in [0.1, 0.15) is 27.9 Å². The van der Waals surface area contributed by atoms with Crippen molar-refractivity contribution >= 4 is 40.0 Å². The lowest BCUT2D eigenvalue weighted by atomic mass is 9.80. The molecule has 5 rings (SSSR count). The molecule has 1 saturated heterocycles. The number of rotatable bonds is 7. The minimum atomic E-state index is -0.626. The Hall–Kier alpha value is -3.08. The maximum Gasteiger partial charge on any atom is 0.257 e. The Kier molecular flexibility index (Phi) is 7.68. The Morgan fingerprint density at radius 2 is 2.03 bits per heavy atom. The summed E-state index contributed by atoms with van der Waals surface area (Å²) in [5.74, 6) is 3.21. The fourth-order valence-electron chi connectivity index (χ4n) is 4.62. The monoisotopic (exact) mass is 538 g/mol. The SMILES string of the molecule is COc1ccc(CNc2csc(C34CO[C@@H](C)CC3CSC(NC(=O)c3ccccc3)=N4)n2)c(OC)c1. The van der Waals surface area contributed by atoms with Crippen molar-refractivity contribution in [3.63, 3.8) is 0 Å². The summed E-state index contributed by atoms with van der Waals surface area (Å²) < 4.78 is 16.9. The van der Waals surface area contributed by atoms with E-state index in [2.05, 4.69) is 17.6 Å². The highest BCUT2D eigenvalue weighted by Crippen LogP contribution is 2.47. The third-order valence-corrected chi connectivity index (χ3v) is 8.73. The first-order valence-electron chi connectivity index (χ1n) is 12.1. The molecule has 10 heteroatoms. The summed E-state index contributed by atoms with van der Waals surface area (Å²) >= 11 is 3.16. The number of thiazole rings is 1. The molecule has 2 unspecified atom stereocenters. The summed E-state index contributed by atoms with van der Waals surface area (Å²) in [4.78, 5) is 22.8. The van der Waals surface area contributed by atoms with E-state index in [4.69, 9.17) is 24.2 Å². The number of nitrogens with zero attached hydrogens (tertiary/aromatic N) is 2. The quantitative estimate of drug-likeness (QED) is 0.441. The molecule has 1 amide bonds. The summed E-state index contributed by atoms with van der Waals surface area (Å²) in [6.45, 7) is 3.09. The lowest BCUT2D eigenvalue weighted by Gasteiger charge is -2.44. The summed E-state index contributed by atoms with van der Waals surface area (Å²) in [5, 5.41) is 9.92. The van der Waals surface area contributed by atoms with E-state index in [-0.39, 0.29) is 17.9 Å². The molecule has 2 aliphatic heterocycles. The van der Waals surface area contributed by atoms with Gasteiger partial charge in [0.15, 0.2) is 5.17 Å². The first-order chi connectivity index (χ1) is 18.0. The average molecular weight is 539 g/mol. The molecule has 194 valence electrons. The number of aliphatic imine (C=N–C) groups is 1. The standard InChI is InChI=1S/C27H30N4O4S2/c1-17-11-20-14-37-26(30-24(32)18-7-5-4-6-8-18)31-27(20,16-35-17)25-29-23(15-36-25)28-13-19-9-10-21(33-2)12-22(19)34-3/h4-10,12,15,17,20,28H,11,13-14,16H2,1-3H3,(H,30,31,32)/t17-,20?,27?/m0/s1. The van der Waals surface area contributed by atoms with E-state index in [1.807, 2.05) is 41.8 Å². The largest absolute Gasteiger partial charge is 0.497 e. The van der Waals surface area contributed by atoms with Gasteiger partial charge in [-0.2, -0.15) is 0 Å². The smallest absolute Gasteiger partial charge is 0.257 e. The molecular weight excluding hydrogens is 508 g/mol. The normalized spacial score (nSPS) is 22.9. The number of methoxy groups -OCH3 is 2. The van der Waals surface area contributed by atoms with Gasteiger partial charge in [-0.1, -0.05) is 30.0 Å². The third kappa shape index (κ3) is 5.46. The van der Waals surface area contributed by atoms with Gasteiger partial charge in [-0.15, -0.1) is 11.3 Å². The van der Waals surface area contributed by atoms with E-state index >= 15 is 0 Å². The number of thioether (sulfide) groups is 1. The number of fused-ring (bicyclic) bond motifs is 1. The molecule has 3 aromatic rings. The zero-order chi connectivity index (χ0) is 25.8. The predicted octanol–water partition coefficient (Wildman–Crippen LogP) is 4.93. The topological polar surface area (TPSA) is 94.1 Å². The number of anilines is 1. The molecule has 3 atom stereocenters. The van der Waals surface area contributed by atoms with Crippen molar-refractivity contribution < 1.29 is 19.0 Å². The van der Waals surface area contributed by atoms with E-state index in [1.165, 1.54) is 0 Å². The van der Waals surface area contributed by atoms with Crippen LogP contribution in [0, 0.1) is 5.92 Å². The van der Waals surface area contributed by atoms with Crippen LogP contribution in [0.3, 0.4) is 0 Å².